The van der Waals surface area contributed by atoms with Crippen LogP contribution in [0.3, 0.4) is 0 Å². The number of hydrogen-bond donors (Lipinski definition) is 0. The number of methoxy groups -OCH3 is 2. The van der Waals surface area contributed by atoms with Gasteiger partial charge in [-0.1, -0.05) is 25.7 Å². The van der Waals surface area contributed by atoms with Crippen molar-refractivity contribution in [2.45, 2.75) is 44.9 Å². The van der Waals surface area contributed by atoms with Gasteiger partial charge in [0.1, 0.15) is 0 Å². The molecule has 0 bridgehead atoms. The molecule has 3 nitrogen and oxygen atoms in total. The van der Waals surface area contributed by atoms with Gasteiger partial charge in [-0.05, 0) is 12.8 Å². The highest BCUT2D eigenvalue weighted by molar-refractivity contribution is 5.68. The smallest absolute Gasteiger partial charge is 0.305 e. The van der Waals surface area contributed by atoms with Gasteiger partial charge >= 0.3 is 5.97 Å². The number of ether oxygens (including phenoxy) is 2. The van der Waals surface area contributed by atoms with E-state index in [9.17, 15) is 4.79 Å². The van der Waals surface area contributed by atoms with Crippen LogP contribution < -0.4 is 0 Å². The lowest BCUT2D eigenvalue weighted by Crippen LogP contribution is -1.99. The first-order chi connectivity index (χ1) is 6.81. The molecule has 0 N–H and O–H groups in total. The van der Waals surface area contributed by atoms with Crippen LogP contribution in [0.2, 0.25) is 0 Å². The summed E-state index contributed by atoms with van der Waals surface area (Å²) < 4.78 is 9.51. The molecule has 0 saturated carbocycles. The fraction of sp³-hybridized carbons (Fsp3) is 0.909. The first kappa shape index (κ1) is 13.4. The third-order valence-corrected chi connectivity index (χ3v) is 2.21. The van der Waals surface area contributed by atoms with Gasteiger partial charge in [0.2, 0.25) is 0 Å². The summed E-state index contributed by atoms with van der Waals surface area (Å²) in [5.41, 5.74) is 0. The molecule has 0 atom stereocenters. The first-order valence-electron chi connectivity index (χ1n) is 5.37. The second-order valence-corrected chi connectivity index (χ2v) is 3.44. The Morgan fingerprint density at radius 3 is 2.07 bits per heavy atom. The molecular formula is C11H22O3. The Kier molecular flexibility index (Phi) is 10.1. The number of rotatable bonds is 9. The van der Waals surface area contributed by atoms with Gasteiger partial charge in [-0.3, -0.25) is 4.79 Å². The van der Waals surface area contributed by atoms with Crippen molar-refractivity contribution < 1.29 is 14.3 Å². The fourth-order valence-electron chi connectivity index (χ4n) is 1.32. The van der Waals surface area contributed by atoms with E-state index in [1.165, 1.54) is 26.4 Å². The monoisotopic (exact) mass is 202 g/mol. The maximum atomic E-state index is 10.7. The van der Waals surface area contributed by atoms with Crippen LogP contribution >= 0.6 is 0 Å². The van der Waals surface area contributed by atoms with E-state index in [0.717, 1.165) is 25.9 Å². The van der Waals surface area contributed by atoms with E-state index < -0.39 is 0 Å². The molecule has 0 aliphatic rings. The minimum absolute atomic E-state index is 0.0932. The van der Waals surface area contributed by atoms with Gasteiger partial charge in [0.05, 0.1) is 7.11 Å². The normalized spacial score (nSPS) is 10.1. The summed E-state index contributed by atoms with van der Waals surface area (Å²) in [6, 6.07) is 0. The van der Waals surface area contributed by atoms with Gasteiger partial charge < -0.3 is 9.47 Å². The van der Waals surface area contributed by atoms with Crippen molar-refractivity contribution in [3.8, 4) is 0 Å². The highest BCUT2D eigenvalue weighted by atomic mass is 16.5. The molecule has 0 aromatic rings. The van der Waals surface area contributed by atoms with Crippen molar-refractivity contribution >= 4 is 5.97 Å². The summed E-state index contributed by atoms with van der Waals surface area (Å²) in [6.45, 7) is 0.863. The lowest BCUT2D eigenvalue weighted by molar-refractivity contribution is -0.140. The average Bonchev–Trinajstić information content (AvgIpc) is 2.21. The molecule has 0 rings (SSSR count). The van der Waals surface area contributed by atoms with Crippen molar-refractivity contribution in [3.63, 3.8) is 0 Å². The lowest BCUT2D eigenvalue weighted by Gasteiger charge is -2.01. The minimum atomic E-state index is -0.0932. The third kappa shape index (κ3) is 9.52. The van der Waals surface area contributed by atoms with E-state index in [0.29, 0.717) is 6.42 Å². The zero-order valence-electron chi connectivity index (χ0n) is 9.38. The molecule has 14 heavy (non-hydrogen) atoms. The zero-order chi connectivity index (χ0) is 10.6. The van der Waals surface area contributed by atoms with Crippen molar-refractivity contribution in [2.24, 2.45) is 0 Å². The van der Waals surface area contributed by atoms with Gasteiger partial charge in [0, 0.05) is 20.1 Å². The van der Waals surface area contributed by atoms with Crippen molar-refractivity contribution in [1.82, 2.24) is 0 Å². The highest BCUT2D eigenvalue weighted by Gasteiger charge is 1.98. The maximum Gasteiger partial charge on any atom is 0.305 e. The molecule has 0 aromatic heterocycles. The van der Waals surface area contributed by atoms with Crippen LogP contribution in [-0.2, 0) is 14.3 Å². The van der Waals surface area contributed by atoms with Gasteiger partial charge in [0.25, 0.3) is 0 Å². The molecule has 0 aromatic carbocycles. The second-order valence-electron chi connectivity index (χ2n) is 3.44. The fourth-order valence-corrected chi connectivity index (χ4v) is 1.32. The molecule has 0 aliphatic carbocycles. The first-order valence-corrected chi connectivity index (χ1v) is 5.37. The SMILES string of the molecule is COCCCCCCCCC(=O)OC. The number of carbonyl (C=O) groups excluding carboxylic acids is 1. The molecule has 0 radical (unpaired) electrons. The molecule has 0 unspecified atom stereocenters. The van der Waals surface area contributed by atoms with Crippen LogP contribution in [0.25, 0.3) is 0 Å². The molecule has 3 heteroatoms. The van der Waals surface area contributed by atoms with Gasteiger partial charge in [-0.2, -0.15) is 0 Å². The third-order valence-electron chi connectivity index (χ3n) is 2.21. The van der Waals surface area contributed by atoms with Crippen molar-refractivity contribution in [1.29, 1.82) is 0 Å². The minimum Gasteiger partial charge on any atom is -0.469 e. The van der Waals surface area contributed by atoms with Gasteiger partial charge in [-0.25, -0.2) is 0 Å². The predicted molar refractivity (Wildman–Crippen MR) is 56.2 cm³/mol. The Bertz CT molecular complexity index is 134. The Morgan fingerprint density at radius 2 is 1.50 bits per heavy atom. The van der Waals surface area contributed by atoms with Crippen molar-refractivity contribution in [3.05, 3.63) is 0 Å². The molecule has 0 amide bonds. The van der Waals surface area contributed by atoms with E-state index in [4.69, 9.17) is 4.74 Å². The van der Waals surface area contributed by atoms with E-state index in [1.54, 1.807) is 7.11 Å². The summed E-state index contributed by atoms with van der Waals surface area (Å²) in [5.74, 6) is -0.0932. The largest absolute Gasteiger partial charge is 0.469 e. The summed E-state index contributed by atoms with van der Waals surface area (Å²) in [4.78, 5) is 10.7. The molecule has 0 spiro atoms. The van der Waals surface area contributed by atoms with E-state index in [2.05, 4.69) is 4.74 Å². The van der Waals surface area contributed by atoms with Gasteiger partial charge in [-0.15, -0.1) is 0 Å². The highest BCUT2D eigenvalue weighted by Crippen LogP contribution is 2.07. The number of hydrogen-bond acceptors (Lipinski definition) is 3. The summed E-state index contributed by atoms with van der Waals surface area (Å²) in [6.07, 6.45) is 7.47. The van der Waals surface area contributed by atoms with Gasteiger partial charge in [0.15, 0.2) is 0 Å². The Morgan fingerprint density at radius 1 is 0.929 bits per heavy atom. The number of unbranched alkanes of at least 4 members (excludes halogenated alkanes) is 5. The summed E-state index contributed by atoms with van der Waals surface area (Å²) in [7, 11) is 3.17. The average molecular weight is 202 g/mol. The second kappa shape index (κ2) is 10.5. The van der Waals surface area contributed by atoms with E-state index >= 15 is 0 Å². The topological polar surface area (TPSA) is 35.5 Å². The van der Waals surface area contributed by atoms with Crippen LogP contribution in [0.15, 0.2) is 0 Å². The molecular weight excluding hydrogens is 180 g/mol. The molecule has 0 saturated heterocycles. The van der Waals surface area contributed by atoms with E-state index in [-0.39, 0.29) is 5.97 Å². The van der Waals surface area contributed by atoms with Crippen LogP contribution in [0.1, 0.15) is 44.9 Å². The van der Waals surface area contributed by atoms with Crippen LogP contribution in [-0.4, -0.2) is 26.8 Å². The summed E-state index contributed by atoms with van der Waals surface area (Å²) in [5, 5.41) is 0. The quantitative estimate of drug-likeness (QED) is 0.426. The number of carbonyl (C=O) groups is 1. The lowest BCUT2D eigenvalue weighted by atomic mass is 10.1. The Hall–Kier alpha value is -0.570. The van der Waals surface area contributed by atoms with Crippen LogP contribution in [0.5, 0.6) is 0 Å². The van der Waals surface area contributed by atoms with Crippen LogP contribution in [0.4, 0.5) is 0 Å². The van der Waals surface area contributed by atoms with Crippen LogP contribution in [0, 0.1) is 0 Å². The van der Waals surface area contributed by atoms with Crippen molar-refractivity contribution in [2.75, 3.05) is 20.8 Å². The standard InChI is InChI=1S/C11H22O3/c1-13-10-8-6-4-3-5-7-9-11(12)14-2/h3-10H2,1-2H3. The Balaban J connectivity index is 2.95. The molecule has 0 fully saturated rings. The summed E-state index contributed by atoms with van der Waals surface area (Å²) >= 11 is 0. The zero-order valence-corrected chi connectivity index (χ0v) is 9.38. The predicted octanol–water partition coefficient (Wildman–Crippen LogP) is 2.54. The van der Waals surface area contributed by atoms with E-state index in [1.807, 2.05) is 0 Å². The molecule has 0 heterocycles. The maximum absolute atomic E-state index is 10.7. The molecule has 0 aliphatic heterocycles. The Labute approximate surface area is 86.8 Å². The molecule has 84 valence electrons. The number of esters is 1.